The Morgan fingerprint density at radius 2 is 1.89 bits per heavy atom. The molecule has 1 N–H and O–H groups in total. The molecule has 2 rings (SSSR count). The number of carbonyl (C=O) groups is 1. The first kappa shape index (κ1) is 13.8. The number of fused-ring (bicyclic) bond motifs is 2. The fourth-order valence-corrected chi connectivity index (χ4v) is 3.28. The highest BCUT2D eigenvalue weighted by Crippen LogP contribution is 2.30. The molecule has 4 nitrogen and oxygen atoms in total. The Bertz CT molecular complexity index is 305. The highest BCUT2D eigenvalue weighted by molar-refractivity contribution is 5.84. The summed E-state index contributed by atoms with van der Waals surface area (Å²) in [6.07, 6.45) is 4.72. The van der Waals surface area contributed by atoms with Crippen LogP contribution in [0.25, 0.3) is 0 Å². The molecule has 1 amide bonds. The van der Waals surface area contributed by atoms with E-state index in [0.717, 1.165) is 19.4 Å². The van der Waals surface area contributed by atoms with Crippen LogP contribution in [0.4, 0.5) is 0 Å². The number of nitrogens with zero attached hydrogens (tertiary/aromatic N) is 1. The van der Waals surface area contributed by atoms with E-state index in [-0.39, 0.29) is 5.91 Å². The molecule has 2 aliphatic rings. The Hall–Kier alpha value is -0.610. The van der Waals surface area contributed by atoms with Gasteiger partial charge in [0.25, 0.3) is 5.91 Å². The molecule has 2 atom stereocenters. The van der Waals surface area contributed by atoms with E-state index in [4.69, 9.17) is 4.74 Å². The number of carbonyl (C=O) groups excluding carboxylic acids is 1. The zero-order valence-electron chi connectivity index (χ0n) is 12.0. The molecule has 2 aliphatic heterocycles. The number of nitrogens with one attached hydrogen (secondary N) is 1. The van der Waals surface area contributed by atoms with Gasteiger partial charge in [0.1, 0.15) is 5.60 Å². The third-order valence-corrected chi connectivity index (χ3v) is 4.52. The molecule has 4 heteroatoms. The summed E-state index contributed by atoms with van der Waals surface area (Å²) in [4.78, 5) is 14.6. The second kappa shape index (κ2) is 5.17. The van der Waals surface area contributed by atoms with Gasteiger partial charge in [-0.15, -0.1) is 0 Å². The molecule has 0 aromatic heterocycles. The second-order valence-electron chi connectivity index (χ2n) is 6.07. The summed E-state index contributed by atoms with van der Waals surface area (Å²) < 4.78 is 5.34. The molecule has 104 valence electrons. The minimum Gasteiger partial charge on any atom is -0.369 e. The van der Waals surface area contributed by atoms with Gasteiger partial charge in [0.05, 0.1) is 0 Å². The molecule has 18 heavy (non-hydrogen) atoms. The third-order valence-electron chi connectivity index (χ3n) is 4.52. The first-order valence-electron chi connectivity index (χ1n) is 7.10. The lowest BCUT2D eigenvalue weighted by molar-refractivity contribution is -0.154. The standard InChI is InChI=1S/C14H26N2O2/c1-5-16(13(17)14(2,3)18-4)12-8-10-6-7-11(9-12)15-10/h10-12,15H,5-9H2,1-4H3. The Morgan fingerprint density at radius 1 is 1.33 bits per heavy atom. The maximum atomic E-state index is 12.5. The third kappa shape index (κ3) is 2.54. The Morgan fingerprint density at radius 3 is 2.33 bits per heavy atom. The normalized spacial score (nSPS) is 31.4. The molecular weight excluding hydrogens is 228 g/mol. The molecular formula is C14H26N2O2. The molecule has 0 radical (unpaired) electrons. The van der Waals surface area contributed by atoms with E-state index < -0.39 is 5.60 Å². The van der Waals surface area contributed by atoms with Crippen molar-refractivity contribution in [3.8, 4) is 0 Å². The second-order valence-corrected chi connectivity index (χ2v) is 6.07. The maximum absolute atomic E-state index is 12.5. The van der Waals surface area contributed by atoms with Gasteiger partial charge in [0, 0.05) is 31.8 Å². The summed E-state index contributed by atoms with van der Waals surface area (Å²) in [5.74, 6) is 0.124. The zero-order chi connectivity index (χ0) is 13.3. The lowest BCUT2D eigenvalue weighted by Crippen LogP contribution is -2.55. The van der Waals surface area contributed by atoms with Crippen molar-refractivity contribution in [2.75, 3.05) is 13.7 Å². The van der Waals surface area contributed by atoms with Gasteiger partial charge in [0.15, 0.2) is 0 Å². The number of methoxy groups -OCH3 is 1. The predicted octanol–water partition coefficient (Wildman–Crippen LogP) is 1.54. The van der Waals surface area contributed by atoms with Gasteiger partial charge >= 0.3 is 0 Å². The maximum Gasteiger partial charge on any atom is 0.254 e. The predicted molar refractivity (Wildman–Crippen MR) is 71.4 cm³/mol. The van der Waals surface area contributed by atoms with Crippen LogP contribution in [0.15, 0.2) is 0 Å². The van der Waals surface area contributed by atoms with E-state index in [1.165, 1.54) is 12.8 Å². The van der Waals surface area contributed by atoms with Crippen LogP contribution in [0.2, 0.25) is 0 Å². The molecule has 2 heterocycles. The van der Waals surface area contributed by atoms with Crippen molar-refractivity contribution in [1.82, 2.24) is 10.2 Å². The van der Waals surface area contributed by atoms with Crippen LogP contribution >= 0.6 is 0 Å². The van der Waals surface area contributed by atoms with Gasteiger partial charge in [-0.25, -0.2) is 0 Å². The zero-order valence-corrected chi connectivity index (χ0v) is 12.0. The fraction of sp³-hybridized carbons (Fsp3) is 0.929. The Kier molecular flexibility index (Phi) is 3.97. The number of likely N-dealkylation sites (N-methyl/N-ethyl adjacent to an activating group) is 1. The Balaban J connectivity index is 2.07. The molecule has 0 aromatic carbocycles. The summed E-state index contributed by atoms with van der Waals surface area (Å²) in [6.45, 7) is 6.55. The average Bonchev–Trinajstić information content (AvgIpc) is 2.69. The molecule has 2 saturated heterocycles. The first-order chi connectivity index (χ1) is 8.47. The number of rotatable bonds is 4. The largest absolute Gasteiger partial charge is 0.369 e. The first-order valence-corrected chi connectivity index (χ1v) is 7.10. The molecule has 2 fully saturated rings. The summed E-state index contributed by atoms with van der Waals surface area (Å²) >= 11 is 0. The van der Waals surface area contributed by atoms with Crippen molar-refractivity contribution in [2.45, 2.75) is 70.2 Å². The summed E-state index contributed by atoms with van der Waals surface area (Å²) in [7, 11) is 1.61. The highest BCUT2D eigenvalue weighted by Gasteiger charge is 2.40. The van der Waals surface area contributed by atoms with Crippen LogP contribution in [-0.4, -0.2) is 48.2 Å². The highest BCUT2D eigenvalue weighted by atomic mass is 16.5. The van der Waals surface area contributed by atoms with Crippen molar-refractivity contribution in [3.05, 3.63) is 0 Å². The van der Waals surface area contributed by atoms with E-state index >= 15 is 0 Å². The molecule has 2 bridgehead atoms. The number of amides is 1. The quantitative estimate of drug-likeness (QED) is 0.827. The summed E-state index contributed by atoms with van der Waals surface area (Å²) in [5.41, 5.74) is -0.708. The molecule has 0 aromatic rings. The van der Waals surface area contributed by atoms with E-state index in [1.807, 2.05) is 18.7 Å². The van der Waals surface area contributed by atoms with E-state index in [0.29, 0.717) is 18.1 Å². The van der Waals surface area contributed by atoms with Gasteiger partial charge in [0.2, 0.25) is 0 Å². The molecule has 0 spiro atoms. The van der Waals surface area contributed by atoms with Crippen molar-refractivity contribution in [2.24, 2.45) is 0 Å². The van der Waals surface area contributed by atoms with Crippen LogP contribution in [0.1, 0.15) is 46.5 Å². The molecule has 0 saturated carbocycles. The minimum atomic E-state index is -0.708. The lowest BCUT2D eigenvalue weighted by atomic mass is 9.96. The van der Waals surface area contributed by atoms with E-state index in [1.54, 1.807) is 7.11 Å². The van der Waals surface area contributed by atoms with Crippen molar-refractivity contribution >= 4 is 5.91 Å². The van der Waals surface area contributed by atoms with Crippen molar-refractivity contribution in [3.63, 3.8) is 0 Å². The number of piperidine rings is 1. The van der Waals surface area contributed by atoms with Crippen LogP contribution in [0.5, 0.6) is 0 Å². The van der Waals surface area contributed by atoms with Gasteiger partial charge in [-0.1, -0.05) is 0 Å². The van der Waals surface area contributed by atoms with Gasteiger partial charge in [-0.2, -0.15) is 0 Å². The molecule has 0 aliphatic carbocycles. The summed E-state index contributed by atoms with van der Waals surface area (Å²) in [5, 5.41) is 3.62. The summed E-state index contributed by atoms with van der Waals surface area (Å²) in [6, 6.07) is 1.61. The smallest absolute Gasteiger partial charge is 0.254 e. The monoisotopic (exact) mass is 254 g/mol. The van der Waals surface area contributed by atoms with Gasteiger partial charge in [-0.3, -0.25) is 4.79 Å². The fourth-order valence-electron chi connectivity index (χ4n) is 3.28. The van der Waals surface area contributed by atoms with Crippen LogP contribution in [0.3, 0.4) is 0 Å². The lowest BCUT2D eigenvalue weighted by Gasteiger charge is -2.40. The van der Waals surface area contributed by atoms with Gasteiger partial charge < -0.3 is 15.0 Å². The van der Waals surface area contributed by atoms with Crippen molar-refractivity contribution in [1.29, 1.82) is 0 Å². The SMILES string of the molecule is CCN(C(=O)C(C)(C)OC)C1CC2CCC(C1)N2. The van der Waals surface area contributed by atoms with Crippen LogP contribution in [0, 0.1) is 0 Å². The minimum absolute atomic E-state index is 0.124. The number of hydrogen-bond donors (Lipinski definition) is 1. The van der Waals surface area contributed by atoms with Crippen LogP contribution in [-0.2, 0) is 9.53 Å². The Labute approximate surface area is 110 Å². The van der Waals surface area contributed by atoms with E-state index in [9.17, 15) is 4.79 Å². The number of hydrogen-bond acceptors (Lipinski definition) is 3. The average molecular weight is 254 g/mol. The molecule has 2 unspecified atom stereocenters. The van der Waals surface area contributed by atoms with Crippen molar-refractivity contribution < 1.29 is 9.53 Å². The topological polar surface area (TPSA) is 41.6 Å². The number of ether oxygens (including phenoxy) is 1. The van der Waals surface area contributed by atoms with Gasteiger partial charge in [-0.05, 0) is 46.5 Å². The van der Waals surface area contributed by atoms with Crippen LogP contribution < -0.4 is 5.32 Å². The van der Waals surface area contributed by atoms with E-state index in [2.05, 4.69) is 12.2 Å².